The van der Waals surface area contributed by atoms with Crippen molar-refractivity contribution in [3.8, 4) is 0 Å². The molecule has 1 aliphatic rings. The summed E-state index contributed by atoms with van der Waals surface area (Å²) in [6.07, 6.45) is 3.37. The fourth-order valence-electron chi connectivity index (χ4n) is 3.47. The Hall–Kier alpha value is -2.31. The van der Waals surface area contributed by atoms with Crippen LogP contribution < -0.4 is 0 Å². The van der Waals surface area contributed by atoms with Gasteiger partial charge in [-0.3, -0.25) is 14.7 Å². The fourth-order valence-corrected chi connectivity index (χ4v) is 3.47. The predicted molar refractivity (Wildman–Crippen MR) is 106 cm³/mol. The first-order valence-corrected chi connectivity index (χ1v) is 9.75. The van der Waals surface area contributed by atoms with Gasteiger partial charge in [0.25, 0.3) is 0 Å². The highest BCUT2D eigenvalue weighted by Gasteiger charge is 2.29. The zero-order chi connectivity index (χ0) is 19.9. The van der Waals surface area contributed by atoms with Crippen LogP contribution in [0.15, 0.2) is 48.8 Å². The van der Waals surface area contributed by atoms with Crippen LogP contribution in [0.4, 0.5) is 4.39 Å². The standard InChI is InChI=1S/C22H28FN3O2/c1-17(2)11-26-14-20(28-16-19-7-3-4-8-21(19)23)13-25(15-22(26)27)12-18-6-5-9-24-10-18/h3-10,17,20H,11-16H2,1-2H3/t20-/m0/s1. The fraction of sp³-hybridized carbons (Fsp3) is 0.455. The van der Waals surface area contributed by atoms with Crippen molar-refractivity contribution in [3.63, 3.8) is 0 Å². The van der Waals surface area contributed by atoms with E-state index in [4.69, 9.17) is 4.74 Å². The van der Waals surface area contributed by atoms with Gasteiger partial charge in [-0.25, -0.2) is 4.39 Å². The third kappa shape index (κ3) is 5.84. The molecular weight excluding hydrogens is 357 g/mol. The number of halogens is 1. The maximum Gasteiger partial charge on any atom is 0.236 e. The zero-order valence-corrected chi connectivity index (χ0v) is 16.6. The molecule has 1 amide bonds. The van der Waals surface area contributed by atoms with Gasteiger partial charge < -0.3 is 9.64 Å². The molecule has 0 unspecified atom stereocenters. The van der Waals surface area contributed by atoms with Crippen LogP contribution in [0.2, 0.25) is 0 Å². The third-order valence-electron chi connectivity index (χ3n) is 4.74. The zero-order valence-electron chi connectivity index (χ0n) is 16.6. The Labute approximate surface area is 166 Å². The van der Waals surface area contributed by atoms with Gasteiger partial charge >= 0.3 is 0 Å². The molecule has 3 rings (SSSR count). The van der Waals surface area contributed by atoms with E-state index >= 15 is 0 Å². The number of hydrogen-bond donors (Lipinski definition) is 0. The number of ether oxygens (including phenoxy) is 1. The van der Waals surface area contributed by atoms with Crippen LogP contribution in [0.1, 0.15) is 25.0 Å². The molecule has 1 saturated heterocycles. The van der Waals surface area contributed by atoms with E-state index in [0.717, 1.165) is 5.56 Å². The number of aromatic nitrogens is 1. The van der Waals surface area contributed by atoms with Crippen LogP contribution in [-0.4, -0.2) is 53.0 Å². The molecule has 28 heavy (non-hydrogen) atoms. The van der Waals surface area contributed by atoms with Gasteiger partial charge in [-0.15, -0.1) is 0 Å². The molecule has 5 nitrogen and oxygen atoms in total. The van der Waals surface area contributed by atoms with Crippen LogP contribution in [0.5, 0.6) is 0 Å². The van der Waals surface area contributed by atoms with Crippen LogP contribution in [0.25, 0.3) is 0 Å². The Morgan fingerprint density at radius 3 is 2.75 bits per heavy atom. The van der Waals surface area contributed by atoms with Gasteiger partial charge in [0.2, 0.25) is 5.91 Å². The van der Waals surface area contributed by atoms with E-state index in [2.05, 4.69) is 23.7 Å². The van der Waals surface area contributed by atoms with Gasteiger partial charge in [0.05, 0.1) is 19.3 Å². The molecule has 0 aliphatic carbocycles. The van der Waals surface area contributed by atoms with Gasteiger partial charge in [-0.05, 0) is 23.6 Å². The number of carbonyl (C=O) groups excluding carboxylic acids is 1. The molecule has 1 atom stereocenters. The van der Waals surface area contributed by atoms with Crippen molar-refractivity contribution in [2.24, 2.45) is 5.92 Å². The van der Waals surface area contributed by atoms with E-state index < -0.39 is 0 Å². The average Bonchev–Trinajstić information content (AvgIpc) is 2.80. The van der Waals surface area contributed by atoms with Crippen LogP contribution >= 0.6 is 0 Å². The number of carbonyl (C=O) groups is 1. The molecule has 2 heterocycles. The van der Waals surface area contributed by atoms with Crippen LogP contribution in [0.3, 0.4) is 0 Å². The Bertz CT molecular complexity index is 769. The van der Waals surface area contributed by atoms with Gasteiger partial charge in [-0.1, -0.05) is 38.1 Å². The Morgan fingerprint density at radius 1 is 1.21 bits per heavy atom. The summed E-state index contributed by atoms with van der Waals surface area (Å²) in [5.41, 5.74) is 1.59. The topological polar surface area (TPSA) is 45.7 Å². The first-order chi connectivity index (χ1) is 13.5. The second-order valence-electron chi connectivity index (χ2n) is 7.75. The van der Waals surface area contributed by atoms with Gasteiger partial charge in [0.15, 0.2) is 0 Å². The monoisotopic (exact) mass is 385 g/mol. The summed E-state index contributed by atoms with van der Waals surface area (Å²) in [4.78, 5) is 20.9. The minimum atomic E-state index is -0.265. The molecular formula is C22H28FN3O2. The quantitative estimate of drug-likeness (QED) is 0.735. The molecule has 1 aromatic heterocycles. The number of hydrogen-bond acceptors (Lipinski definition) is 4. The summed E-state index contributed by atoms with van der Waals surface area (Å²) in [5, 5.41) is 0. The lowest BCUT2D eigenvalue weighted by Crippen LogP contribution is -2.40. The van der Waals surface area contributed by atoms with E-state index in [1.54, 1.807) is 24.4 Å². The highest BCUT2D eigenvalue weighted by molar-refractivity contribution is 5.78. The summed E-state index contributed by atoms with van der Waals surface area (Å²) >= 11 is 0. The Morgan fingerprint density at radius 2 is 2.04 bits per heavy atom. The number of pyridine rings is 1. The number of nitrogens with zero attached hydrogens (tertiary/aromatic N) is 3. The minimum absolute atomic E-state index is 0.106. The maximum absolute atomic E-state index is 13.9. The summed E-state index contributed by atoms with van der Waals surface area (Å²) < 4.78 is 20.0. The lowest BCUT2D eigenvalue weighted by Gasteiger charge is -2.26. The van der Waals surface area contributed by atoms with E-state index in [1.807, 2.05) is 23.2 Å². The normalized spacial score (nSPS) is 18.5. The summed E-state index contributed by atoms with van der Waals surface area (Å²) in [6, 6.07) is 10.5. The van der Waals surface area contributed by atoms with Crippen molar-refractivity contribution in [1.29, 1.82) is 0 Å². The number of rotatable bonds is 7. The second kappa shape index (κ2) is 9.75. The molecule has 1 aromatic carbocycles. The minimum Gasteiger partial charge on any atom is -0.370 e. The molecule has 0 radical (unpaired) electrons. The van der Waals surface area contributed by atoms with Gasteiger partial charge in [0, 0.05) is 44.1 Å². The van der Waals surface area contributed by atoms with Crippen molar-refractivity contribution in [1.82, 2.24) is 14.8 Å². The predicted octanol–water partition coefficient (Wildman–Crippen LogP) is 3.11. The molecule has 0 bridgehead atoms. The first-order valence-electron chi connectivity index (χ1n) is 9.75. The Balaban J connectivity index is 1.71. The Kier molecular flexibility index (Phi) is 7.12. The van der Waals surface area contributed by atoms with Crippen molar-refractivity contribution in [2.45, 2.75) is 33.1 Å². The van der Waals surface area contributed by atoms with Gasteiger partial charge in [-0.2, -0.15) is 0 Å². The largest absolute Gasteiger partial charge is 0.370 e. The average molecular weight is 385 g/mol. The summed E-state index contributed by atoms with van der Waals surface area (Å²) in [7, 11) is 0. The van der Waals surface area contributed by atoms with Crippen LogP contribution in [-0.2, 0) is 22.7 Å². The van der Waals surface area contributed by atoms with Gasteiger partial charge in [0.1, 0.15) is 5.82 Å². The lowest BCUT2D eigenvalue weighted by atomic mass is 10.2. The molecule has 150 valence electrons. The van der Waals surface area contributed by atoms with Crippen LogP contribution in [0, 0.1) is 11.7 Å². The number of benzene rings is 1. The molecule has 1 fully saturated rings. The third-order valence-corrected chi connectivity index (χ3v) is 4.74. The van der Waals surface area contributed by atoms with Crippen molar-refractivity contribution >= 4 is 5.91 Å². The molecule has 0 spiro atoms. The van der Waals surface area contributed by atoms with Crippen molar-refractivity contribution in [2.75, 3.05) is 26.2 Å². The van der Waals surface area contributed by atoms with E-state index in [1.165, 1.54) is 6.07 Å². The van der Waals surface area contributed by atoms with E-state index in [-0.39, 0.29) is 24.4 Å². The summed E-state index contributed by atoms with van der Waals surface area (Å²) in [5.74, 6) is 0.217. The molecule has 0 N–H and O–H groups in total. The maximum atomic E-state index is 13.9. The molecule has 0 saturated carbocycles. The highest BCUT2D eigenvalue weighted by Crippen LogP contribution is 2.16. The van der Waals surface area contributed by atoms with Crippen molar-refractivity contribution in [3.05, 3.63) is 65.7 Å². The molecule has 1 aliphatic heterocycles. The second-order valence-corrected chi connectivity index (χ2v) is 7.75. The van der Waals surface area contributed by atoms with Crippen molar-refractivity contribution < 1.29 is 13.9 Å². The highest BCUT2D eigenvalue weighted by atomic mass is 19.1. The SMILES string of the molecule is CC(C)CN1C[C@@H](OCc2ccccc2F)CN(Cc2cccnc2)CC1=O. The molecule has 6 heteroatoms. The van der Waals surface area contributed by atoms with E-state index in [0.29, 0.717) is 44.2 Å². The first kappa shape index (κ1) is 20.4. The van der Waals surface area contributed by atoms with E-state index in [9.17, 15) is 9.18 Å². The number of amides is 1. The lowest BCUT2D eigenvalue weighted by molar-refractivity contribution is -0.132. The smallest absolute Gasteiger partial charge is 0.236 e. The molecule has 2 aromatic rings. The summed E-state index contributed by atoms with van der Waals surface area (Å²) in [6.45, 7) is 7.21.